The van der Waals surface area contributed by atoms with E-state index in [2.05, 4.69) is 17.4 Å². The number of hydrogen-bond donors (Lipinski definition) is 4. The minimum atomic E-state index is 0.0652. The highest BCUT2D eigenvalue weighted by atomic mass is 16.5. The predicted octanol–water partition coefficient (Wildman–Crippen LogP) is 4.37. The van der Waals surface area contributed by atoms with Crippen molar-refractivity contribution in [2.45, 2.75) is 18.4 Å². The van der Waals surface area contributed by atoms with Gasteiger partial charge in [-0.1, -0.05) is 36.4 Å². The van der Waals surface area contributed by atoms with E-state index in [0.29, 0.717) is 5.75 Å². The second-order valence-corrected chi connectivity index (χ2v) is 7.04. The molecule has 5 nitrogen and oxygen atoms in total. The van der Waals surface area contributed by atoms with Gasteiger partial charge in [0.1, 0.15) is 5.84 Å². The van der Waals surface area contributed by atoms with Gasteiger partial charge in [0.2, 0.25) is 0 Å². The summed E-state index contributed by atoms with van der Waals surface area (Å²) in [7, 11) is 1.55. The highest BCUT2D eigenvalue weighted by Gasteiger charge is 2.29. The van der Waals surface area contributed by atoms with Crippen LogP contribution in [0, 0.1) is 5.41 Å². The first kappa shape index (κ1) is 17.9. The largest absolute Gasteiger partial charge is 0.504 e. The summed E-state index contributed by atoms with van der Waals surface area (Å²) in [4.78, 5) is 0. The fourth-order valence-corrected chi connectivity index (χ4v) is 3.89. The van der Waals surface area contributed by atoms with Crippen LogP contribution in [0.25, 0.3) is 0 Å². The van der Waals surface area contributed by atoms with Crippen LogP contribution in [0.5, 0.6) is 11.5 Å². The molecule has 0 aliphatic carbocycles. The first-order chi connectivity index (χ1) is 13.6. The van der Waals surface area contributed by atoms with Crippen molar-refractivity contribution in [3.8, 4) is 11.5 Å². The maximum Gasteiger partial charge on any atom is 0.160 e. The molecule has 3 aromatic carbocycles. The molecular formula is C23H23N3O2. The molecule has 1 aliphatic rings. The highest BCUT2D eigenvalue weighted by Crippen LogP contribution is 2.44. The fraction of sp³-hybridized carbons (Fsp3) is 0.174. The van der Waals surface area contributed by atoms with Gasteiger partial charge in [-0.25, -0.2) is 0 Å². The van der Waals surface area contributed by atoms with E-state index in [9.17, 15) is 5.11 Å². The Morgan fingerprint density at radius 3 is 2.57 bits per heavy atom. The van der Waals surface area contributed by atoms with E-state index in [0.717, 1.165) is 28.8 Å². The zero-order chi connectivity index (χ0) is 19.7. The number of nitrogens with one attached hydrogen (secondary N) is 2. The van der Waals surface area contributed by atoms with Crippen molar-refractivity contribution in [2.24, 2.45) is 5.73 Å². The molecule has 28 heavy (non-hydrogen) atoms. The Hall–Kier alpha value is -3.47. The molecule has 142 valence electrons. The number of phenols is 1. The molecule has 2 atom stereocenters. The third kappa shape index (κ3) is 3.27. The van der Waals surface area contributed by atoms with Crippen molar-refractivity contribution in [3.63, 3.8) is 0 Å². The number of fused-ring (bicyclic) bond motifs is 1. The quantitative estimate of drug-likeness (QED) is 0.404. The molecule has 0 aromatic heterocycles. The number of aromatic hydroxyl groups is 1. The topological polar surface area (TPSA) is 91.4 Å². The summed E-state index contributed by atoms with van der Waals surface area (Å²) >= 11 is 0. The molecule has 0 saturated carbocycles. The number of nitrogen functional groups attached to an aromatic ring is 1. The van der Waals surface area contributed by atoms with Crippen molar-refractivity contribution in [2.75, 3.05) is 12.4 Å². The van der Waals surface area contributed by atoms with E-state index in [1.807, 2.05) is 48.5 Å². The Morgan fingerprint density at radius 1 is 1.07 bits per heavy atom. The van der Waals surface area contributed by atoms with Crippen molar-refractivity contribution in [1.29, 1.82) is 5.41 Å². The molecule has 1 heterocycles. The van der Waals surface area contributed by atoms with E-state index >= 15 is 0 Å². The monoisotopic (exact) mass is 373 g/mol. The fourth-order valence-electron chi connectivity index (χ4n) is 3.89. The lowest BCUT2D eigenvalue weighted by atomic mass is 9.79. The summed E-state index contributed by atoms with van der Waals surface area (Å²) in [5.41, 5.74) is 10.9. The second kappa shape index (κ2) is 7.27. The van der Waals surface area contributed by atoms with Crippen molar-refractivity contribution in [3.05, 3.63) is 89.0 Å². The number of methoxy groups -OCH3 is 1. The molecule has 0 radical (unpaired) electrons. The van der Waals surface area contributed by atoms with Gasteiger partial charge in [0.05, 0.1) is 13.2 Å². The number of benzene rings is 3. The van der Waals surface area contributed by atoms with Crippen LogP contribution in [-0.4, -0.2) is 18.1 Å². The lowest BCUT2D eigenvalue weighted by Gasteiger charge is -2.34. The molecular weight excluding hydrogens is 350 g/mol. The Bertz CT molecular complexity index is 1020. The van der Waals surface area contributed by atoms with Crippen LogP contribution < -0.4 is 15.8 Å². The van der Waals surface area contributed by atoms with E-state index in [1.54, 1.807) is 13.2 Å². The van der Waals surface area contributed by atoms with Crippen LogP contribution in [-0.2, 0) is 0 Å². The maximum absolute atomic E-state index is 9.93. The SMILES string of the molecule is COc1cc([C@H]2C[C@H](c3ccccc3)c3cc(C(=N)N)ccc3N2)ccc1O. The lowest BCUT2D eigenvalue weighted by Crippen LogP contribution is -2.23. The molecule has 0 unspecified atom stereocenters. The smallest absolute Gasteiger partial charge is 0.160 e. The lowest BCUT2D eigenvalue weighted by molar-refractivity contribution is 0.372. The third-order valence-electron chi connectivity index (χ3n) is 5.35. The predicted molar refractivity (Wildman–Crippen MR) is 111 cm³/mol. The van der Waals surface area contributed by atoms with Gasteiger partial charge in [-0.15, -0.1) is 0 Å². The summed E-state index contributed by atoms with van der Waals surface area (Å²) in [5.74, 6) is 0.836. The Morgan fingerprint density at radius 2 is 1.86 bits per heavy atom. The number of nitrogens with two attached hydrogens (primary N) is 1. The van der Waals surface area contributed by atoms with Crippen LogP contribution in [0.1, 0.15) is 40.6 Å². The number of amidine groups is 1. The van der Waals surface area contributed by atoms with E-state index in [4.69, 9.17) is 15.9 Å². The van der Waals surface area contributed by atoms with E-state index in [-0.39, 0.29) is 23.5 Å². The van der Waals surface area contributed by atoms with Crippen LogP contribution in [0.4, 0.5) is 5.69 Å². The molecule has 0 fully saturated rings. The molecule has 0 amide bonds. The number of phenolic OH excluding ortho intramolecular Hbond substituents is 1. The number of hydrogen-bond acceptors (Lipinski definition) is 4. The summed E-state index contributed by atoms with van der Waals surface area (Å²) in [5, 5.41) is 21.3. The Labute approximate surface area is 164 Å². The maximum atomic E-state index is 9.93. The minimum Gasteiger partial charge on any atom is -0.504 e. The first-order valence-corrected chi connectivity index (χ1v) is 9.23. The Balaban J connectivity index is 1.79. The molecule has 5 heteroatoms. The third-order valence-corrected chi connectivity index (χ3v) is 5.35. The van der Waals surface area contributed by atoms with E-state index in [1.165, 1.54) is 5.56 Å². The zero-order valence-corrected chi connectivity index (χ0v) is 15.6. The molecule has 4 rings (SSSR count). The first-order valence-electron chi connectivity index (χ1n) is 9.23. The van der Waals surface area contributed by atoms with E-state index < -0.39 is 0 Å². The number of rotatable bonds is 4. The molecule has 3 aromatic rings. The van der Waals surface area contributed by atoms with Gasteiger partial charge in [-0.3, -0.25) is 5.41 Å². The van der Waals surface area contributed by atoms with Gasteiger partial charge in [0, 0.05) is 17.2 Å². The minimum absolute atomic E-state index is 0.0652. The molecule has 0 bridgehead atoms. The van der Waals surface area contributed by atoms with Gasteiger partial charge < -0.3 is 20.9 Å². The second-order valence-electron chi connectivity index (χ2n) is 7.04. The zero-order valence-electron chi connectivity index (χ0n) is 15.6. The summed E-state index contributed by atoms with van der Waals surface area (Å²) in [6, 6.07) is 21.8. The van der Waals surface area contributed by atoms with Crippen molar-refractivity contribution in [1.82, 2.24) is 0 Å². The molecule has 0 saturated heterocycles. The summed E-state index contributed by atoms with van der Waals surface area (Å²) in [6.07, 6.45) is 0.840. The van der Waals surface area contributed by atoms with Crippen LogP contribution in [0.15, 0.2) is 66.7 Å². The molecule has 5 N–H and O–H groups in total. The Kier molecular flexibility index (Phi) is 4.65. The standard InChI is InChI=1S/C23H23N3O2/c1-28-22-12-15(8-10-21(22)27)20-13-17(14-5-3-2-4-6-14)18-11-16(23(24)25)7-9-19(18)26-20/h2-12,17,20,26-27H,13H2,1H3,(H3,24,25)/t17-,20-/m1/s1. The summed E-state index contributed by atoms with van der Waals surface area (Å²) in [6.45, 7) is 0. The molecule has 1 aliphatic heterocycles. The van der Waals surface area contributed by atoms with Crippen LogP contribution in [0.3, 0.4) is 0 Å². The van der Waals surface area contributed by atoms with Crippen molar-refractivity contribution < 1.29 is 9.84 Å². The van der Waals surface area contributed by atoms with Crippen LogP contribution >= 0.6 is 0 Å². The average Bonchev–Trinajstić information content (AvgIpc) is 2.73. The number of anilines is 1. The average molecular weight is 373 g/mol. The van der Waals surface area contributed by atoms with Gasteiger partial charge in [0.15, 0.2) is 11.5 Å². The number of ether oxygens (including phenoxy) is 1. The highest BCUT2D eigenvalue weighted by molar-refractivity contribution is 5.95. The van der Waals surface area contributed by atoms with Gasteiger partial charge >= 0.3 is 0 Å². The van der Waals surface area contributed by atoms with Crippen LogP contribution in [0.2, 0.25) is 0 Å². The van der Waals surface area contributed by atoms with Gasteiger partial charge in [-0.05, 0) is 53.4 Å². The van der Waals surface area contributed by atoms with Crippen molar-refractivity contribution >= 4 is 11.5 Å². The normalized spacial score (nSPS) is 18.0. The summed E-state index contributed by atoms with van der Waals surface area (Å²) < 4.78 is 5.28. The molecule has 0 spiro atoms. The van der Waals surface area contributed by atoms with Gasteiger partial charge in [-0.2, -0.15) is 0 Å². The van der Waals surface area contributed by atoms with Gasteiger partial charge in [0.25, 0.3) is 0 Å².